The van der Waals surface area contributed by atoms with Crippen LogP contribution in [0.4, 0.5) is 11.4 Å². The Labute approximate surface area is 211 Å². The number of carbonyl (C=O) groups excluding carboxylic acids is 1. The molecular weight excluding hydrogens is 458 g/mol. The summed E-state index contributed by atoms with van der Waals surface area (Å²) in [5.74, 6) is 0.625. The predicted molar refractivity (Wildman–Crippen MR) is 142 cm³/mol. The number of aryl methyl sites for hydroxylation is 3. The lowest BCUT2D eigenvalue weighted by molar-refractivity contribution is -0.130. The first-order chi connectivity index (χ1) is 16.7. The summed E-state index contributed by atoms with van der Waals surface area (Å²) in [7, 11) is 1.62. The third-order valence-electron chi connectivity index (χ3n) is 6.89. The summed E-state index contributed by atoms with van der Waals surface area (Å²) in [5, 5.41) is 7.12. The lowest BCUT2D eigenvalue weighted by atomic mass is 9.78. The SMILES string of the molecule is COc1ccc2c(c1)[C@H]1NC(=S)N(c3cccc(C)c3)[C@@](C)(O2)[C@@H]1C(=O)Nc1ccc(C)cc1C. The number of nitrogens with zero attached hydrogens (tertiary/aromatic N) is 1. The van der Waals surface area contributed by atoms with Gasteiger partial charge in [0.05, 0.1) is 13.2 Å². The van der Waals surface area contributed by atoms with E-state index in [1.807, 2.05) is 87.2 Å². The van der Waals surface area contributed by atoms with Gasteiger partial charge >= 0.3 is 0 Å². The molecule has 1 saturated heterocycles. The lowest BCUT2D eigenvalue weighted by Crippen LogP contribution is -2.72. The maximum atomic E-state index is 14.0. The molecule has 35 heavy (non-hydrogen) atoms. The summed E-state index contributed by atoms with van der Waals surface area (Å²) in [5.41, 5.74) is 4.66. The number of carbonyl (C=O) groups is 1. The first kappa shape index (κ1) is 23.2. The van der Waals surface area contributed by atoms with E-state index in [0.717, 1.165) is 33.6 Å². The van der Waals surface area contributed by atoms with Gasteiger partial charge in [-0.15, -0.1) is 0 Å². The lowest BCUT2D eigenvalue weighted by Gasteiger charge is -2.56. The normalized spacial score (nSPS) is 22.5. The molecular formula is C28H29N3O3S. The van der Waals surface area contributed by atoms with Crippen LogP contribution in [0.15, 0.2) is 60.7 Å². The van der Waals surface area contributed by atoms with Gasteiger partial charge in [-0.3, -0.25) is 9.69 Å². The monoisotopic (exact) mass is 487 g/mol. The molecule has 5 rings (SSSR count). The topological polar surface area (TPSA) is 62.8 Å². The molecule has 0 unspecified atom stereocenters. The van der Waals surface area contributed by atoms with Gasteiger partial charge in [-0.1, -0.05) is 29.8 Å². The van der Waals surface area contributed by atoms with Crippen LogP contribution < -0.4 is 25.0 Å². The number of rotatable bonds is 4. The van der Waals surface area contributed by atoms with E-state index >= 15 is 0 Å². The van der Waals surface area contributed by atoms with Gasteiger partial charge in [-0.25, -0.2) is 0 Å². The molecule has 1 amide bonds. The highest BCUT2D eigenvalue weighted by atomic mass is 32.1. The first-order valence-electron chi connectivity index (χ1n) is 11.6. The number of benzene rings is 3. The fourth-order valence-corrected chi connectivity index (χ4v) is 5.62. The molecule has 2 N–H and O–H groups in total. The Morgan fingerprint density at radius 3 is 2.57 bits per heavy atom. The minimum atomic E-state index is -1.06. The highest BCUT2D eigenvalue weighted by molar-refractivity contribution is 7.80. The molecule has 3 atom stereocenters. The molecule has 2 aliphatic heterocycles. The highest BCUT2D eigenvalue weighted by Gasteiger charge is 2.59. The molecule has 0 saturated carbocycles. The third kappa shape index (κ3) is 3.90. The largest absolute Gasteiger partial charge is 0.497 e. The summed E-state index contributed by atoms with van der Waals surface area (Å²) >= 11 is 5.85. The maximum Gasteiger partial charge on any atom is 0.236 e. The second-order valence-electron chi connectivity index (χ2n) is 9.45. The fourth-order valence-electron chi connectivity index (χ4n) is 5.21. The van der Waals surface area contributed by atoms with E-state index in [2.05, 4.69) is 16.7 Å². The number of amides is 1. The van der Waals surface area contributed by atoms with E-state index in [-0.39, 0.29) is 5.91 Å². The van der Waals surface area contributed by atoms with Crippen molar-refractivity contribution in [3.8, 4) is 11.5 Å². The van der Waals surface area contributed by atoms with Crippen LogP contribution in [0.25, 0.3) is 0 Å². The number of ether oxygens (including phenoxy) is 2. The molecule has 2 heterocycles. The van der Waals surface area contributed by atoms with Gasteiger partial charge in [-0.2, -0.15) is 0 Å². The Bertz CT molecular complexity index is 1340. The van der Waals surface area contributed by atoms with Crippen molar-refractivity contribution in [1.29, 1.82) is 0 Å². The Hall–Kier alpha value is -3.58. The van der Waals surface area contributed by atoms with E-state index in [4.69, 9.17) is 21.7 Å². The molecule has 0 radical (unpaired) electrons. The third-order valence-corrected chi connectivity index (χ3v) is 7.19. The average molecular weight is 488 g/mol. The Balaban J connectivity index is 1.64. The molecule has 2 bridgehead atoms. The molecule has 1 fully saturated rings. The zero-order valence-corrected chi connectivity index (χ0v) is 21.3. The summed E-state index contributed by atoms with van der Waals surface area (Å²) in [6.07, 6.45) is 0. The summed E-state index contributed by atoms with van der Waals surface area (Å²) in [6.45, 7) is 8.00. The Kier molecular flexibility index (Phi) is 5.68. The summed E-state index contributed by atoms with van der Waals surface area (Å²) in [4.78, 5) is 15.9. The number of hydrogen-bond donors (Lipinski definition) is 2. The smallest absolute Gasteiger partial charge is 0.236 e. The number of nitrogens with one attached hydrogen (secondary N) is 2. The summed E-state index contributed by atoms with van der Waals surface area (Å²) < 4.78 is 12.1. The maximum absolute atomic E-state index is 14.0. The van der Waals surface area contributed by atoms with Crippen molar-refractivity contribution >= 4 is 34.6 Å². The molecule has 3 aromatic carbocycles. The second-order valence-corrected chi connectivity index (χ2v) is 9.83. The van der Waals surface area contributed by atoms with Crippen molar-refractivity contribution in [1.82, 2.24) is 5.32 Å². The van der Waals surface area contributed by atoms with Crippen molar-refractivity contribution in [2.24, 2.45) is 5.92 Å². The van der Waals surface area contributed by atoms with Crippen LogP contribution >= 0.6 is 12.2 Å². The van der Waals surface area contributed by atoms with Crippen LogP contribution in [0.1, 0.15) is 35.2 Å². The van der Waals surface area contributed by atoms with Gasteiger partial charge in [0.15, 0.2) is 10.8 Å². The quantitative estimate of drug-likeness (QED) is 0.479. The molecule has 7 heteroatoms. The average Bonchev–Trinajstić information content (AvgIpc) is 2.80. The van der Waals surface area contributed by atoms with Crippen molar-refractivity contribution in [3.05, 3.63) is 82.9 Å². The Morgan fingerprint density at radius 2 is 1.86 bits per heavy atom. The molecule has 2 aliphatic rings. The van der Waals surface area contributed by atoms with Gasteiger partial charge in [0.1, 0.15) is 17.4 Å². The Morgan fingerprint density at radius 1 is 1.09 bits per heavy atom. The molecule has 0 aromatic heterocycles. The van der Waals surface area contributed by atoms with E-state index in [1.165, 1.54) is 0 Å². The highest BCUT2D eigenvalue weighted by Crippen LogP contribution is 2.50. The van der Waals surface area contributed by atoms with Gasteiger partial charge < -0.3 is 20.1 Å². The number of methoxy groups -OCH3 is 1. The first-order valence-corrected chi connectivity index (χ1v) is 12.0. The number of fused-ring (bicyclic) bond motifs is 4. The van der Waals surface area contributed by atoms with Crippen molar-refractivity contribution in [2.45, 2.75) is 39.5 Å². The zero-order chi connectivity index (χ0) is 24.9. The minimum Gasteiger partial charge on any atom is -0.497 e. The predicted octanol–water partition coefficient (Wildman–Crippen LogP) is 5.42. The van der Waals surface area contributed by atoms with Crippen molar-refractivity contribution < 1.29 is 14.3 Å². The van der Waals surface area contributed by atoms with Crippen LogP contribution in [0, 0.1) is 26.7 Å². The molecule has 180 valence electrons. The van der Waals surface area contributed by atoms with Crippen molar-refractivity contribution in [2.75, 3.05) is 17.3 Å². The van der Waals surface area contributed by atoms with Crippen LogP contribution in [0.3, 0.4) is 0 Å². The van der Waals surface area contributed by atoms with Crippen LogP contribution in [-0.4, -0.2) is 23.9 Å². The minimum absolute atomic E-state index is 0.148. The van der Waals surface area contributed by atoms with E-state index < -0.39 is 17.7 Å². The second kappa shape index (κ2) is 8.57. The van der Waals surface area contributed by atoms with E-state index in [9.17, 15) is 4.79 Å². The molecule has 3 aromatic rings. The molecule has 0 aliphatic carbocycles. The molecule has 6 nitrogen and oxygen atoms in total. The standard InChI is InChI=1S/C28H29N3O3S/c1-16-7-6-8-19(14-16)31-27(35)30-25-21-15-20(33-5)10-12-23(21)34-28(31,4)24(25)26(32)29-22-11-9-17(2)13-18(22)3/h6-15,24-25H,1-5H3,(H,29,32)(H,30,35)/t24-,25+,28-/m0/s1. The zero-order valence-electron chi connectivity index (χ0n) is 20.5. The van der Waals surface area contributed by atoms with Gasteiger partial charge in [0.25, 0.3) is 0 Å². The van der Waals surface area contributed by atoms with E-state index in [1.54, 1.807) is 7.11 Å². The van der Waals surface area contributed by atoms with Crippen LogP contribution in [-0.2, 0) is 4.79 Å². The van der Waals surface area contributed by atoms with E-state index in [0.29, 0.717) is 16.6 Å². The van der Waals surface area contributed by atoms with Gasteiger partial charge in [0.2, 0.25) is 5.91 Å². The van der Waals surface area contributed by atoms with Crippen molar-refractivity contribution in [3.63, 3.8) is 0 Å². The summed E-state index contributed by atoms with van der Waals surface area (Å²) in [6, 6.07) is 19.3. The van der Waals surface area contributed by atoms with Crippen LogP contribution in [0.2, 0.25) is 0 Å². The number of thiocarbonyl (C=S) groups is 1. The number of hydrogen-bond acceptors (Lipinski definition) is 4. The van der Waals surface area contributed by atoms with Crippen LogP contribution in [0.5, 0.6) is 11.5 Å². The molecule has 0 spiro atoms. The fraction of sp³-hybridized carbons (Fsp3) is 0.286. The van der Waals surface area contributed by atoms with Gasteiger partial charge in [0, 0.05) is 16.9 Å². The number of anilines is 2. The van der Waals surface area contributed by atoms with Gasteiger partial charge in [-0.05, 0) is 87.4 Å².